The first-order valence-electron chi connectivity index (χ1n) is 17.1. The molecule has 0 aliphatic carbocycles. The van der Waals surface area contributed by atoms with Gasteiger partial charge in [-0.1, -0.05) is 72.9 Å². The highest BCUT2D eigenvalue weighted by Gasteiger charge is 2.14. The molecule has 0 amide bonds. The normalized spacial score (nSPS) is 12.0. The van der Waals surface area contributed by atoms with E-state index in [1.165, 1.54) is 0 Å². The fourth-order valence-corrected chi connectivity index (χ4v) is 5.16. The van der Waals surface area contributed by atoms with Crippen molar-refractivity contribution in [2.75, 3.05) is 0 Å². The number of aliphatic imine (C=N–C) groups is 2. The van der Waals surface area contributed by atoms with Gasteiger partial charge in [0.25, 0.3) is 0 Å². The maximum Gasteiger partial charge on any atom is 0.136 e. The molecule has 2 rings (SSSR count). The van der Waals surface area contributed by atoms with Gasteiger partial charge < -0.3 is 0 Å². The lowest BCUT2D eigenvalue weighted by Gasteiger charge is -2.14. The van der Waals surface area contributed by atoms with Crippen molar-refractivity contribution in [2.24, 2.45) is 9.98 Å². The lowest BCUT2D eigenvalue weighted by atomic mass is 9.98. The Hall–Kier alpha value is -3.54. The molecule has 0 aliphatic heterocycles. The van der Waals surface area contributed by atoms with Crippen LogP contribution in [0.5, 0.6) is 0 Å². The maximum absolute atomic E-state index is 12.4. The molecule has 0 saturated carbocycles. The van der Waals surface area contributed by atoms with E-state index in [-0.39, 0.29) is 23.1 Å². The van der Waals surface area contributed by atoms with E-state index in [1.54, 1.807) is 0 Å². The molecule has 0 N–H and O–H groups in total. The van der Waals surface area contributed by atoms with Gasteiger partial charge in [0.15, 0.2) is 0 Å². The SMILES string of the molecule is CCCCCC(=Nc1cc(CC(=O)CC)cc(CC(=O)CC)c1)C(CCCC)=Nc1cc(CC(=O)CC)cc(CC(=O)CC)c1. The molecule has 0 unspecified atom stereocenters. The monoisotopic (exact) mass is 614 g/mol. The Balaban J connectivity index is 2.74. The zero-order valence-corrected chi connectivity index (χ0v) is 28.6. The van der Waals surface area contributed by atoms with Crippen LogP contribution in [-0.2, 0) is 44.9 Å². The third-order valence-corrected chi connectivity index (χ3v) is 7.90. The van der Waals surface area contributed by atoms with Crippen LogP contribution in [0.2, 0.25) is 0 Å². The highest BCUT2D eigenvalue weighted by molar-refractivity contribution is 6.43. The van der Waals surface area contributed by atoms with Crippen LogP contribution >= 0.6 is 0 Å². The summed E-state index contributed by atoms with van der Waals surface area (Å²) in [4.78, 5) is 59.9. The summed E-state index contributed by atoms with van der Waals surface area (Å²) in [6, 6.07) is 11.8. The van der Waals surface area contributed by atoms with Crippen LogP contribution in [-0.4, -0.2) is 34.6 Å². The van der Waals surface area contributed by atoms with E-state index in [0.29, 0.717) is 51.4 Å². The van der Waals surface area contributed by atoms with Gasteiger partial charge in [0.05, 0.1) is 22.8 Å². The number of hydrogen-bond donors (Lipinski definition) is 0. The van der Waals surface area contributed by atoms with Gasteiger partial charge in [-0.2, -0.15) is 0 Å². The molecule has 45 heavy (non-hydrogen) atoms. The van der Waals surface area contributed by atoms with Crippen molar-refractivity contribution in [1.29, 1.82) is 0 Å². The van der Waals surface area contributed by atoms with Crippen LogP contribution in [0.4, 0.5) is 11.4 Å². The van der Waals surface area contributed by atoms with Crippen molar-refractivity contribution < 1.29 is 19.2 Å². The molecule has 0 saturated heterocycles. The first-order valence-corrected chi connectivity index (χ1v) is 17.1. The molecular formula is C39H54N2O4. The number of carbonyl (C=O) groups excluding carboxylic acids is 4. The summed E-state index contributed by atoms with van der Waals surface area (Å²) < 4.78 is 0. The number of Topliss-reactive ketones (excluding diaryl/α,β-unsaturated/α-hetero) is 4. The number of nitrogens with zero attached hydrogens (tertiary/aromatic N) is 2. The molecule has 6 heteroatoms. The van der Waals surface area contributed by atoms with E-state index in [1.807, 2.05) is 64.1 Å². The molecule has 0 aliphatic rings. The highest BCUT2D eigenvalue weighted by atomic mass is 16.1. The summed E-state index contributed by atoms with van der Waals surface area (Å²) in [5.74, 6) is 0.596. The van der Waals surface area contributed by atoms with E-state index < -0.39 is 0 Å². The van der Waals surface area contributed by atoms with Gasteiger partial charge in [-0.3, -0.25) is 29.2 Å². The maximum atomic E-state index is 12.4. The fraction of sp³-hybridized carbons (Fsp3) is 0.538. The molecule has 0 aromatic heterocycles. The Morgan fingerprint density at radius 3 is 1.04 bits per heavy atom. The van der Waals surface area contributed by atoms with Gasteiger partial charge in [0.2, 0.25) is 0 Å². The predicted octanol–water partition coefficient (Wildman–Crippen LogP) is 9.39. The van der Waals surface area contributed by atoms with Crippen molar-refractivity contribution in [3.63, 3.8) is 0 Å². The number of benzene rings is 2. The smallest absolute Gasteiger partial charge is 0.136 e. The Labute approximate surface area is 271 Å². The van der Waals surface area contributed by atoms with E-state index in [4.69, 9.17) is 9.98 Å². The number of unbranched alkanes of at least 4 members (excludes halogenated alkanes) is 3. The molecule has 2 aromatic carbocycles. The number of ketones is 4. The van der Waals surface area contributed by atoms with Crippen molar-refractivity contribution in [2.45, 2.75) is 138 Å². The largest absolute Gasteiger partial charge is 0.299 e. The highest BCUT2D eigenvalue weighted by Crippen LogP contribution is 2.25. The van der Waals surface area contributed by atoms with E-state index >= 15 is 0 Å². The minimum atomic E-state index is 0.149. The predicted molar refractivity (Wildman–Crippen MR) is 187 cm³/mol. The average molecular weight is 615 g/mol. The summed E-state index contributed by atoms with van der Waals surface area (Å²) in [6.45, 7) is 11.8. The summed E-state index contributed by atoms with van der Waals surface area (Å²) in [6.07, 6.45) is 9.68. The Morgan fingerprint density at radius 1 is 0.444 bits per heavy atom. The van der Waals surface area contributed by atoms with E-state index in [0.717, 1.165) is 90.0 Å². The molecular weight excluding hydrogens is 560 g/mol. The average Bonchev–Trinajstić information content (AvgIpc) is 3.02. The third-order valence-electron chi connectivity index (χ3n) is 7.90. The molecule has 2 aromatic rings. The second-order valence-electron chi connectivity index (χ2n) is 12.0. The van der Waals surface area contributed by atoms with E-state index in [2.05, 4.69) is 13.8 Å². The van der Waals surface area contributed by atoms with Gasteiger partial charge in [0.1, 0.15) is 23.1 Å². The first-order chi connectivity index (χ1) is 21.6. The number of hydrogen-bond acceptors (Lipinski definition) is 6. The Bertz CT molecular complexity index is 1300. The lowest BCUT2D eigenvalue weighted by Crippen LogP contribution is -2.15. The minimum absolute atomic E-state index is 0.149. The van der Waals surface area contributed by atoms with E-state index in [9.17, 15) is 19.2 Å². The summed E-state index contributed by atoms with van der Waals surface area (Å²) in [5.41, 5.74) is 6.79. The molecule has 0 fully saturated rings. The quantitative estimate of drug-likeness (QED) is 0.0975. The zero-order chi connectivity index (χ0) is 33.2. The standard InChI is InChI=1S/C39H54N2O4/c1-7-13-15-17-39(41-33-22-30(26-36(44)11-5)19-31(23-33)27-37(45)12-6)38(16-14-8-2)40-32-20-28(24-34(42)9-3)18-29(21-32)25-35(43)10-4/h18-23H,7-17,24-27H2,1-6H3. The van der Waals surface area contributed by atoms with Crippen LogP contribution in [0.3, 0.4) is 0 Å². The second-order valence-corrected chi connectivity index (χ2v) is 12.0. The first kappa shape index (κ1) is 37.6. The summed E-state index contributed by atoms with van der Waals surface area (Å²) >= 11 is 0. The van der Waals surface area contributed by atoms with Crippen molar-refractivity contribution in [3.05, 3.63) is 58.7 Å². The molecule has 0 bridgehead atoms. The Kier molecular flexibility index (Phi) is 17.1. The Morgan fingerprint density at radius 2 is 0.756 bits per heavy atom. The van der Waals surface area contributed by atoms with Gasteiger partial charge in [-0.05, 0) is 72.2 Å². The van der Waals surface area contributed by atoms with Crippen LogP contribution < -0.4 is 0 Å². The van der Waals surface area contributed by atoms with Crippen LogP contribution in [0.25, 0.3) is 0 Å². The van der Waals surface area contributed by atoms with Crippen LogP contribution in [0.15, 0.2) is 46.4 Å². The molecule has 0 spiro atoms. The van der Waals surface area contributed by atoms with Gasteiger partial charge in [-0.15, -0.1) is 0 Å². The summed E-state index contributed by atoms with van der Waals surface area (Å²) in [7, 11) is 0. The molecule has 0 radical (unpaired) electrons. The van der Waals surface area contributed by atoms with Crippen molar-refractivity contribution in [3.8, 4) is 0 Å². The molecule has 0 heterocycles. The van der Waals surface area contributed by atoms with Crippen LogP contribution in [0.1, 0.15) is 134 Å². The number of carbonyl (C=O) groups is 4. The van der Waals surface area contributed by atoms with Crippen LogP contribution in [0, 0.1) is 0 Å². The third kappa shape index (κ3) is 14.0. The van der Waals surface area contributed by atoms with Gasteiger partial charge in [0, 0.05) is 51.4 Å². The molecule has 6 nitrogen and oxygen atoms in total. The van der Waals surface area contributed by atoms with Crippen molar-refractivity contribution in [1.82, 2.24) is 0 Å². The van der Waals surface area contributed by atoms with Crippen molar-refractivity contribution >= 4 is 45.9 Å². The zero-order valence-electron chi connectivity index (χ0n) is 28.6. The van der Waals surface area contributed by atoms with Gasteiger partial charge >= 0.3 is 0 Å². The fourth-order valence-electron chi connectivity index (χ4n) is 5.16. The summed E-state index contributed by atoms with van der Waals surface area (Å²) in [5, 5.41) is 0. The lowest BCUT2D eigenvalue weighted by molar-refractivity contribution is -0.119. The number of rotatable bonds is 22. The van der Waals surface area contributed by atoms with Gasteiger partial charge in [-0.25, -0.2) is 0 Å². The second kappa shape index (κ2) is 20.5. The minimum Gasteiger partial charge on any atom is -0.299 e. The molecule has 0 atom stereocenters. The topological polar surface area (TPSA) is 93.0 Å². The molecule has 244 valence electrons.